The largest absolute Gasteiger partial charge is 0.349 e. The van der Waals surface area contributed by atoms with Crippen molar-refractivity contribution in [2.24, 2.45) is 0 Å². The van der Waals surface area contributed by atoms with Crippen molar-refractivity contribution >= 4 is 0 Å². The molecule has 88 valence electrons. The van der Waals surface area contributed by atoms with Crippen molar-refractivity contribution in [1.29, 1.82) is 0 Å². The molecular formula is C14H15FN2. The third-order valence-electron chi connectivity index (χ3n) is 3.23. The summed E-state index contributed by atoms with van der Waals surface area (Å²) < 4.78 is 15.8. The average molecular weight is 230 g/mol. The molecule has 0 aliphatic carbocycles. The van der Waals surface area contributed by atoms with Gasteiger partial charge in [0.2, 0.25) is 0 Å². The molecule has 3 heteroatoms. The van der Waals surface area contributed by atoms with Gasteiger partial charge in [0.15, 0.2) is 0 Å². The number of aromatic nitrogens is 1. The Morgan fingerprint density at radius 1 is 1.29 bits per heavy atom. The van der Waals surface area contributed by atoms with E-state index in [1.165, 1.54) is 17.3 Å². The smallest absolute Gasteiger partial charge is 0.126 e. The zero-order chi connectivity index (χ0) is 11.7. The number of rotatable bonds is 2. The van der Waals surface area contributed by atoms with Crippen molar-refractivity contribution in [3.63, 3.8) is 0 Å². The van der Waals surface area contributed by atoms with Crippen LogP contribution in [0.2, 0.25) is 0 Å². The van der Waals surface area contributed by atoms with Crippen molar-refractivity contribution in [2.75, 3.05) is 6.54 Å². The minimum atomic E-state index is -0.116. The summed E-state index contributed by atoms with van der Waals surface area (Å²) in [6, 6.07) is 9.15. The van der Waals surface area contributed by atoms with Gasteiger partial charge in [-0.2, -0.15) is 0 Å². The van der Waals surface area contributed by atoms with E-state index in [9.17, 15) is 4.39 Å². The zero-order valence-electron chi connectivity index (χ0n) is 9.62. The van der Waals surface area contributed by atoms with Gasteiger partial charge in [0.1, 0.15) is 5.82 Å². The number of nitrogens with one attached hydrogen (secondary N) is 1. The first kappa shape index (κ1) is 10.5. The fourth-order valence-electron chi connectivity index (χ4n) is 2.35. The van der Waals surface area contributed by atoms with Gasteiger partial charge in [-0.3, -0.25) is 0 Å². The van der Waals surface area contributed by atoms with Crippen LogP contribution < -0.4 is 5.32 Å². The highest BCUT2D eigenvalue weighted by molar-refractivity contribution is 5.28. The molecule has 0 radical (unpaired) electrons. The second-order valence-electron chi connectivity index (χ2n) is 4.48. The second-order valence-corrected chi connectivity index (χ2v) is 4.48. The molecule has 0 bridgehead atoms. The molecule has 0 atom stereocenters. The number of halogens is 1. The third-order valence-corrected chi connectivity index (χ3v) is 3.23. The monoisotopic (exact) mass is 230 g/mol. The minimum Gasteiger partial charge on any atom is -0.349 e. The van der Waals surface area contributed by atoms with E-state index >= 15 is 0 Å². The second kappa shape index (κ2) is 4.34. The van der Waals surface area contributed by atoms with E-state index in [1.807, 2.05) is 12.1 Å². The number of hydrogen-bond donors (Lipinski definition) is 1. The highest BCUT2D eigenvalue weighted by Gasteiger charge is 2.11. The van der Waals surface area contributed by atoms with Gasteiger partial charge in [-0.15, -0.1) is 0 Å². The van der Waals surface area contributed by atoms with Crippen LogP contribution in [0.15, 0.2) is 36.5 Å². The first-order valence-electron chi connectivity index (χ1n) is 5.95. The molecule has 2 heterocycles. The summed E-state index contributed by atoms with van der Waals surface area (Å²) in [5, 5.41) is 3.33. The summed E-state index contributed by atoms with van der Waals surface area (Å²) in [6.45, 7) is 2.94. The lowest BCUT2D eigenvalue weighted by Crippen LogP contribution is -2.27. The van der Waals surface area contributed by atoms with Crippen LogP contribution in [0, 0.1) is 5.82 Å². The Labute approximate surface area is 100 Å². The molecule has 0 saturated heterocycles. The first-order chi connectivity index (χ1) is 8.33. The van der Waals surface area contributed by atoms with Crippen LogP contribution in [0.4, 0.5) is 4.39 Å². The maximum Gasteiger partial charge on any atom is 0.126 e. The number of fused-ring (bicyclic) bond motifs is 1. The van der Waals surface area contributed by atoms with E-state index in [1.54, 1.807) is 6.07 Å². The summed E-state index contributed by atoms with van der Waals surface area (Å²) in [5.41, 5.74) is 3.25. The summed E-state index contributed by atoms with van der Waals surface area (Å²) >= 11 is 0. The van der Waals surface area contributed by atoms with Gasteiger partial charge in [0.25, 0.3) is 0 Å². The molecule has 3 rings (SSSR count). The zero-order valence-corrected chi connectivity index (χ0v) is 9.62. The number of nitrogens with zero attached hydrogens (tertiary/aromatic N) is 1. The number of benzene rings is 1. The van der Waals surface area contributed by atoms with Crippen LogP contribution in [-0.4, -0.2) is 11.1 Å². The molecule has 2 aromatic rings. The predicted octanol–water partition coefficient (Wildman–Crippen LogP) is 2.32. The summed E-state index contributed by atoms with van der Waals surface area (Å²) in [7, 11) is 0. The van der Waals surface area contributed by atoms with Gasteiger partial charge < -0.3 is 9.88 Å². The van der Waals surface area contributed by atoms with Gasteiger partial charge >= 0.3 is 0 Å². The van der Waals surface area contributed by atoms with E-state index in [-0.39, 0.29) is 5.82 Å². The van der Waals surface area contributed by atoms with Gasteiger partial charge in [0, 0.05) is 37.9 Å². The molecule has 0 spiro atoms. The predicted molar refractivity (Wildman–Crippen MR) is 65.3 cm³/mol. The maximum absolute atomic E-state index is 13.5. The first-order valence-corrected chi connectivity index (χ1v) is 5.95. The van der Waals surface area contributed by atoms with Crippen LogP contribution in [0.25, 0.3) is 0 Å². The molecule has 0 unspecified atom stereocenters. The molecule has 1 aliphatic rings. The van der Waals surface area contributed by atoms with Crippen molar-refractivity contribution in [1.82, 2.24) is 9.88 Å². The molecule has 2 nitrogen and oxygen atoms in total. The third kappa shape index (κ3) is 2.11. The normalized spacial score (nSPS) is 14.6. The quantitative estimate of drug-likeness (QED) is 0.837. The van der Waals surface area contributed by atoms with Crippen molar-refractivity contribution in [3.05, 3.63) is 59.2 Å². The SMILES string of the molecule is Fc1ccccc1Cc1cc2n(c1)CCNC2. The van der Waals surface area contributed by atoms with Crippen LogP contribution in [-0.2, 0) is 19.5 Å². The topological polar surface area (TPSA) is 17.0 Å². The Hall–Kier alpha value is -1.61. The maximum atomic E-state index is 13.5. The summed E-state index contributed by atoms with van der Waals surface area (Å²) in [6.07, 6.45) is 2.81. The van der Waals surface area contributed by atoms with Gasteiger partial charge in [-0.1, -0.05) is 18.2 Å². The lowest BCUT2D eigenvalue weighted by molar-refractivity contribution is 0.516. The Balaban J connectivity index is 1.86. The fraction of sp³-hybridized carbons (Fsp3) is 0.286. The van der Waals surface area contributed by atoms with Crippen molar-refractivity contribution < 1.29 is 4.39 Å². The Morgan fingerprint density at radius 2 is 2.18 bits per heavy atom. The van der Waals surface area contributed by atoms with Crippen LogP contribution >= 0.6 is 0 Å². The van der Waals surface area contributed by atoms with Crippen LogP contribution in [0.1, 0.15) is 16.8 Å². The fourth-order valence-corrected chi connectivity index (χ4v) is 2.35. The highest BCUT2D eigenvalue weighted by atomic mass is 19.1. The van der Waals surface area contributed by atoms with E-state index in [0.717, 1.165) is 25.2 Å². The Bertz CT molecular complexity index is 507. The van der Waals surface area contributed by atoms with Gasteiger partial charge in [-0.25, -0.2) is 4.39 Å². The standard InChI is InChI=1S/C14H15FN2/c15-14-4-2-1-3-12(14)7-11-8-13-9-16-5-6-17(13)10-11/h1-4,8,10,16H,5-7,9H2. The molecule has 1 N–H and O–H groups in total. The molecule has 1 aromatic carbocycles. The molecule has 1 aromatic heterocycles. The average Bonchev–Trinajstić information content (AvgIpc) is 2.74. The van der Waals surface area contributed by atoms with Crippen molar-refractivity contribution in [2.45, 2.75) is 19.5 Å². The van der Waals surface area contributed by atoms with Crippen molar-refractivity contribution in [3.8, 4) is 0 Å². The molecule has 0 amide bonds. The Morgan fingerprint density at radius 3 is 3.00 bits per heavy atom. The van der Waals surface area contributed by atoms with E-state index in [4.69, 9.17) is 0 Å². The van der Waals surface area contributed by atoms with Crippen LogP contribution in [0.3, 0.4) is 0 Å². The van der Waals surface area contributed by atoms with Crippen LogP contribution in [0.5, 0.6) is 0 Å². The summed E-state index contributed by atoms with van der Waals surface area (Å²) in [4.78, 5) is 0. The molecular weight excluding hydrogens is 215 g/mol. The highest BCUT2D eigenvalue weighted by Crippen LogP contribution is 2.17. The molecule has 0 saturated carbocycles. The van der Waals surface area contributed by atoms with Gasteiger partial charge in [0.05, 0.1) is 0 Å². The lowest BCUT2D eigenvalue weighted by Gasteiger charge is -2.15. The molecule has 0 fully saturated rings. The lowest BCUT2D eigenvalue weighted by atomic mass is 10.1. The van der Waals surface area contributed by atoms with E-state index < -0.39 is 0 Å². The van der Waals surface area contributed by atoms with E-state index in [2.05, 4.69) is 22.1 Å². The molecule has 1 aliphatic heterocycles. The minimum absolute atomic E-state index is 0.116. The van der Waals surface area contributed by atoms with Gasteiger partial charge in [-0.05, 0) is 23.3 Å². The molecule has 17 heavy (non-hydrogen) atoms. The number of hydrogen-bond acceptors (Lipinski definition) is 1. The van der Waals surface area contributed by atoms with E-state index in [0.29, 0.717) is 6.42 Å². The summed E-state index contributed by atoms with van der Waals surface area (Å²) in [5.74, 6) is -0.116. The Kier molecular flexibility index (Phi) is 2.69.